The second-order valence-corrected chi connectivity index (χ2v) is 14.6. The summed E-state index contributed by atoms with van der Waals surface area (Å²) >= 11 is 0. The third-order valence-corrected chi connectivity index (χ3v) is 10.6. The van der Waals surface area contributed by atoms with Gasteiger partial charge < -0.3 is 16.0 Å². The number of carbonyl (C=O) groups excluding carboxylic acids is 6. The number of benzene rings is 3. The van der Waals surface area contributed by atoms with Crippen LogP contribution in [0.4, 0.5) is 23.0 Å². The van der Waals surface area contributed by atoms with Gasteiger partial charge in [0.1, 0.15) is 6.04 Å². The molecule has 0 bridgehead atoms. The van der Waals surface area contributed by atoms with E-state index in [4.69, 9.17) is 0 Å². The number of aromatic nitrogens is 3. The fraction of sp³-hybridized carbons (Fsp3) is 0.233. The van der Waals surface area contributed by atoms with Crippen LogP contribution in [0.15, 0.2) is 97.5 Å². The highest BCUT2D eigenvalue weighted by atomic mass is 16.2. The van der Waals surface area contributed by atoms with Crippen molar-refractivity contribution in [1.29, 1.82) is 0 Å². The molecule has 2 saturated heterocycles. The third-order valence-electron chi connectivity index (χ3n) is 10.6. The topological polar surface area (TPSA) is 199 Å². The first kappa shape index (κ1) is 38.7. The fourth-order valence-corrected chi connectivity index (χ4v) is 7.39. The summed E-state index contributed by atoms with van der Waals surface area (Å²) in [5.41, 5.74) is 5.86. The maximum Gasteiger partial charge on any atom is 0.264 e. The monoisotopic (exact) mass is 792 g/mol. The van der Waals surface area contributed by atoms with E-state index >= 15 is 0 Å². The number of rotatable bonds is 11. The number of amides is 6. The number of anilines is 4. The van der Waals surface area contributed by atoms with Crippen LogP contribution in [0, 0.1) is 6.92 Å². The second-order valence-electron chi connectivity index (χ2n) is 14.6. The van der Waals surface area contributed by atoms with Gasteiger partial charge in [0.05, 0.1) is 29.1 Å². The van der Waals surface area contributed by atoms with Gasteiger partial charge in [-0.2, -0.15) is 0 Å². The van der Waals surface area contributed by atoms with Gasteiger partial charge in [0.25, 0.3) is 17.7 Å². The molecule has 1 unspecified atom stereocenters. The number of nitrogens with one attached hydrogen (secondary N) is 4. The van der Waals surface area contributed by atoms with Crippen molar-refractivity contribution >= 4 is 58.5 Å². The van der Waals surface area contributed by atoms with Gasteiger partial charge in [-0.3, -0.25) is 53.8 Å². The highest BCUT2D eigenvalue weighted by molar-refractivity contribution is 6.26. The van der Waals surface area contributed by atoms with Crippen molar-refractivity contribution in [2.75, 3.05) is 48.7 Å². The molecular formula is C43H40N10O6. The van der Waals surface area contributed by atoms with E-state index < -0.39 is 29.7 Å². The first-order valence-corrected chi connectivity index (χ1v) is 19.2. The van der Waals surface area contributed by atoms with Crippen molar-refractivity contribution in [3.05, 3.63) is 125 Å². The summed E-state index contributed by atoms with van der Waals surface area (Å²) in [6, 6.07) is 22.2. The lowest BCUT2D eigenvalue weighted by Gasteiger charge is -2.34. The van der Waals surface area contributed by atoms with Gasteiger partial charge in [-0.1, -0.05) is 24.3 Å². The summed E-state index contributed by atoms with van der Waals surface area (Å²) < 4.78 is 0. The lowest BCUT2D eigenvalue weighted by Crippen LogP contribution is -2.54. The van der Waals surface area contributed by atoms with Gasteiger partial charge in [0, 0.05) is 80.2 Å². The zero-order valence-corrected chi connectivity index (χ0v) is 32.1. The Morgan fingerprint density at radius 1 is 0.831 bits per heavy atom. The Kier molecular flexibility index (Phi) is 11.0. The molecule has 16 nitrogen and oxygen atoms in total. The number of imide groups is 2. The number of aryl methyl sites for hydroxylation is 1. The Morgan fingerprint density at radius 3 is 2.39 bits per heavy atom. The number of carbonyl (C=O) groups is 6. The third kappa shape index (κ3) is 8.58. The van der Waals surface area contributed by atoms with E-state index in [1.807, 2.05) is 60.4 Å². The van der Waals surface area contributed by atoms with Crippen LogP contribution in [0.25, 0.3) is 11.3 Å². The lowest BCUT2D eigenvalue weighted by molar-refractivity contribution is -0.136. The molecule has 0 spiro atoms. The Bertz CT molecular complexity index is 2470. The van der Waals surface area contributed by atoms with Crippen LogP contribution in [0.3, 0.4) is 0 Å². The van der Waals surface area contributed by atoms with Gasteiger partial charge in [-0.15, -0.1) is 0 Å². The van der Waals surface area contributed by atoms with E-state index in [1.54, 1.807) is 42.9 Å². The molecule has 0 aliphatic carbocycles. The van der Waals surface area contributed by atoms with Crippen LogP contribution >= 0.6 is 0 Å². The average molecular weight is 793 g/mol. The number of pyridine rings is 1. The first-order valence-electron chi connectivity index (χ1n) is 19.2. The number of hydrogen-bond acceptors (Lipinski definition) is 12. The molecule has 16 heteroatoms. The molecule has 1 atom stereocenters. The molecule has 0 radical (unpaired) electrons. The summed E-state index contributed by atoms with van der Waals surface area (Å²) in [6.45, 7) is 5.43. The molecular weight excluding hydrogens is 753 g/mol. The predicted molar refractivity (Wildman–Crippen MR) is 218 cm³/mol. The molecule has 2 aromatic heterocycles. The summed E-state index contributed by atoms with van der Waals surface area (Å²) in [5.74, 6) is -2.61. The van der Waals surface area contributed by atoms with Crippen LogP contribution in [0.1, 0.15) is 55.0 Å². The normalized spacial score (nSPS) is 17.0. The molecule has 0 saturated carbocycles. The Labute approximate surface area is 339 Å². The summed E-state index contributed by atoms with van der Waals surface area (Å²) in [6.07, 6.45) is 5.20. The van der Waals surface area contributed by atoms with E-state index in [-0.39, 0.29) is 48.0 Å². The van der Waals surface area contributed by atoms with Crippen molar-refractivity contribution in [3.63, 3.8) is 0 Å². The number of hydrogen-bond donors (Lipinski definition) is 4. The van der Waals surface area contributed by atoms with E-state index in [9.17, 15) is 28.8 Å². The van der Waals surface area contributed by atoms with Crippen LogP contribution in [0.5, 0.6) is 0 Å². The van der Waals surface area contributed by atoms with E-state index in [2.05, 4.69) is 41.1 Å². The van der Waals surface area contributed by atoms with Gasteiger partial charge in [0.15, 0.2) is 0 Å². The minimum Gasteiger partial charge on any atom is -0.324 e. The molecule has 5 aromatic rings. The fourth-order valence-electron chi connectivity index (χ4n) is 7.39. The van der Waals surface area contributed by atoms with Crippen LogP contribution in [-0.4, -0.2) is 104 Å². The maximum absolute atomic E-state index is 13.4. The smallest absolute Gasteiger partial charge is 0.264 e. The highest BCUT2D eigenvalue weighted by Crippen LogP contribution is 2.32. The molecule has 5 heterocycles. The van der Waals surface area contributed by atoms with Gasteiger partial charge in [-0.05, 0) is 79.1 Å². The largest absolute Gasteiger partial charge is 0.324 e. The Morgan fingerprint density at radius 2 is 1.63 bits per heavy atom. The molecule has 2 fully saturated rings. The molecule has 298 valence electrons. The summed E-state index contributed by atoms with van der Waals surface area (Å²) in [5, 5.41) is 11.2. The molecule has 4 N–H and O–H groups in total. The van der Waals surface area contributed by atoms with Crippen LogP contribution in [0.2, 0.25) is 0 Å². The quantitative estimate of drug-likeness (QED) is 0.141. The standard InChI is InChI=1S/C43H40N10O6/c1-26-7-12-30(22-34(26)49-43-45-17-15-32(48-43)29-4-3-16-44-23-29)46-39(56)28-10-8-27(9-11-28)24-51-18-20-52(21-19-51)25-37(55)47-33-6-2-5-31-38(33)42(59)53(41(31)58)35-13-14-36(54)50-40(35)57/h2-12,15-17,22-23,35H,13-14,18-21,24-25H2,1H3,(H,46,56)(H,47,55)(H,45,48,49)(H,50,54,57). The Balaban J connectivity index is 0.810. The van der Waals surface area contributed by atoms with Gasteiger partial charge in [-0.25, -0.2) is 9.97 Å². The van der Waals surface area contributed by atoms with E-state index in [1.165, 1.54) is 6.07 Å². The summed E-state index contributed by atoms with van der Waals surface area (Å²) in [4.78, 5) is 95.3. The second kappa shape index (κ2) is 16.7. The van der Waals surface area contributed by atoms with Crippen molar-refractivity contribution in [2.45, 2.75) is 32.4 Å². The van der Waals surface area contributed by atoms with Crippen molar-refractivity contribution in [2.24, 2.45) is 0 Å². The minimum atomic E-state index is -1.09. The molecule has 3 aromatic carbocycles. The molecule has 59 heavy (non-hydrogen) atoms. The SMILES string of the molecule is Cc1ccc(NC(=O)c2ccc(CN3CCN(CC(=O)Nc4cccc5c4C(=O)N(C4CCC(=O)NC4=O)C5=O)CC3)cc2)cc1Nc1nccc(-c2cccnc2)n1. The van der Waals surface area contributed by atoms with E-state index in [0.717, 1.165) is 33.0 Å². The highest BCUT2D eigenvalue weighted by Gasteiger charge is 2.45. The Hall–Kier alpha value is -7.17. The summed E-state index contributed by atoms with van der Waals surface area (Å²) in [7, 11) is 0. The minimum absolute atomic E-state index is 0.0177. The number of piperazine rings is 1. The van der Waals surface area contributed by atoms with Crippen molar-refractivity contribution in [3.8, 4) is 11.3 Å². The zero-order valence-electron chi connectivity index (χ0n) is 32.1. The van der Waals surface area contributed by atoms with Gasteiger partial charge >= 0.3 is 0 Å². The number of fused-ring (bicyclic) bond motifs is 1. The predicted octanol–water partition coefficient (Wildman–Crippen LogP) is 4.00. The lowest BCUT2D eigenvalue weighted by atomic mass is 10.0. The number of piperidine rings is 1. The molecule has 6 amide bonds. The van der Waals surface area contributed by atoms with Crippen molar-refractivity contribution < 1.29 is 28.8 Å². The molecule has 3 aliphatic rings. The molecule has 3 aliphatic heterocycles. The first-order chi connectivity index (χ1) is 28.6. The molecule has 8 rings (SSSR count). The van der Waals surface area contributed by atoms with Gasteiger partial charge in [0.2, 0.25) is 23.7 Å². The van der Waals surface area contributed by atoms with Crippen LogP contribution in [-0.2, 0) is 20.9 Å². The van der Waals surface area contributed by atoms with Crippen LogP contribution < -0.4 is 21.3 Å². The maximum atomic E-state index is 13.4. The van der Waals surface area contributed by atoms with E-state index in [0.29, 0.717) is 49.9 Å². The van der Waals surface area contributed by atoms with Crippen molar-refractivity contribution in [1.82, 2.24) is 35.0 Å². The number of nitrogens with zero attached hydrogens (tertiary/aromatic N) is 6. The average Bonchev–Trinajstić information content (AvgIpc) is 3.49. The zero-order chi connectivity index (χ0) is 41.0.